The van der Waals surface area contributed by atoms with E-state index < -0.39 is 30.3 Å². The highest BCUT2D eigenvalue weighted by atomic mass is 35.5. The number of rotatable bonds is 5. The smallest absolute Gasteiger partial charge is 0.399 e. The van der Waals surface area contributed by atoms with E-state index in [1.54, 1.807) is 4.90 Å². The van der Waals surface area contributed by atoms with Crippen LogP contribution in [0.2, 0.25) is 15.1 Å². The fourth-order valence-corrected chi connectivity index (χ4v) is 7.39. The first kappa shape index (κ1) is 27.9. The first-order chi connectivity index (χ1) is 19.0. The number of benzene rings is 1. The van der Waals surface area contributed by atoms with Gasteiger partial charge in [-0.2, -0.15) is 13.2 Å². The molecule has 2 aromatic rings. The summed E-state index contributed by atoms with van der Waals surface area (Å²) in [5.74, 6) is -0.114. The molecule has 3 heterocycles. The number of thiophene rings is 1. The van der Waals surface area contributed by atoms with Crippen molar-refractivity contribution < 1.29 is 32.3 Å². The number of nitrogens with one attached hydrogen (secondary N) is 1. The van der Waals surface area contributed by atoms with Crippen LogP contribution in [-0.2, 0) is 28.1 Å². The Balaban J connectivity index is 1.25. The Morgan fingerprint density at radius 1 is 1.12 bits per heavy atom. The zero-order chi connectivity index (χ0) is 28.4. The summed E-state index contributed by atoms with van der Waals surface area (Å²) in [5.41, 5.74) is -1.49. The van der Waals surface area contributed by atoms with E-state index in [0.717, 1.165) is 60.3 Å². The van der Waals surface area contributed by atoms with Crippen molar-refractivity contribution in [2.75, 3.05) is 6.54 Å². The van der Waals surface area contributed by atoms with Crippen LogP contribution in [0.1, 0.15) is 60.1 Å². The predicted molar refractivity (Wildman–Crippen MR) is 145 cm³/mol. The molecule has 1 N–H and O–H groups in total. The number of carbonyl (C=O) groups excluding carboxylic acids is 2. The van der Waals surface area contributed by atoms with Crippen LogP contribution >= 0.6 is 46.1 Å². The number of ether oxygens (including phenoxy) is 1. The van der Waals surface area contributed by atoms with Crippen LogP contribution in [0, 0.1) is 0 Å². The van der Waals surface area contributed by atoms with Crippen LogP contribution in [-0.4, -0.2) is 47.4 Å². The van der Waals surface area contributed by atoms with Crippen molar-refractivity contribution in [1.29, 1.82) is 0 Å². The molecule has 2 amide bonds. The molecule has 1 aromatic heterocycles. The number of halogens is 6. The van der Waals surface area contributed by atoms with Gasteiger partial charge < -0.3 is 19.8 Å². The Labute approximate surface area is 246 Å². The van der Waals surface area contributed by atoms with Crippen LogP contribution in [0.15, 0.2) is 17.3 Å². The van der Waals surface area contributed by atoms with Gasteiger partial charge in [0.2, 0.25) is 5.91 Å². The number of likely N-dealkylation sites (tertiary alicyclic amines) is 1. The maximum absolute atomic E-state index is 14.6. The zero-order valence-corrected chi connectivity index (χ0v) is 24.0. The van der Waals surface area contributed by atoms with E-state index >= 15 is 0 Å². The van der Waals surface area contributed by atoms with Crippen molar-refractivity contribution in [2.24, 2.45) is 5.16 Å². The molecule has 7 nitrogen and oxygen atoms in total. The van der Waals surface area contributed by atoms with Crippen molar-refractivity contribution >= 4 is 63.9 Å². The summed E-state index contributed by atoms with van der Waals surface area (Å²) < 4.78 is 49.3. The van der Waals surface area contributed by atoms with E-state index in [9.17, 15) is 22.8 Å². The molecule has 14 heteroatoms. The third kappa shape index (κ3) is 4.82. The van der Waals surface area contributed by atoms with Crippen molar-refractivity contribution in [3.63, 3.8) is 0 Å². The van der Waals surface area contributed by atoms with Crippen LogP contribution in [0.3, 0.4) is 0 Å². The van der Waals surface area contributed by atoms with E-state index in [2.05, 4.69) is 10.5 Å². The van der Waals surface area contributed by atoms with E-state index in [1.807, 2.05) is 0 Å². The quantitative estimate of drug-likeness (QED) is 0.358. The second kappa shape index (κ2) is 10.3. The maximum atomic E-state index is 14.6. The first-order valence-corrected chi connectivity index (χ1v) is 14.8. The van der Waals surface area contributed by atoms with Gasteiger partial charge in [-0.25, -0.2) is 4.79 Å². The predicted octanol–water partition coefficient (Wildman–Crippen LogP) is 7.02. The highest BCUT2D eigenvalue weighted by molar-refractivity contribution is 7.16. The van der Waals surface area contributed by atoms with Crippen LogP contribution in [0.4, 0.5) is 18.0 Å². The highest BCUT2D eigenvalue weighted by Crippen LogP contribution is 2.52. The standard InChI is InChI=1S/C26H23Cl3F3N3O4S/c27-16-9-12(10-17(28)20(16)29)25(26(30,31)32)11-19(34-39-25)21-14-3-1-2-4-15(14)23(40-21)38-24(37)33-18-7-8-35(22(18)36)13-5-6-13/h9-10,13,18H,1-8,11H2,(H,33,37). The summed E-state index contributed by atoms with van der Waals surface area (Å²) in [4.78, 5) is 32.9. The highest BCUT2D eigenvalue weighted by Gasteiger charge is 2.63. The lowest BCUT2D eigenvalue weighted by Gasteiger charge is -2.30. The lowest BCUT2D eigenvalue weighted by atomic mass is 9.86. The summed E-state index contributed by atoms with van der Waals surface area (Å²) in [5, 5.41) is 6.50. The normalized spacial score (nSPS) is 24.6. The molecule has 40 heavy (non-hydrogen) atoms. The molecular formula is C26H23Cl3F3N3O4S. The van der Waals surface area contributed by atoms with Gasteiger partial charge in [-0.1, -0.05) is 51.3 Å². The van der Waals surface area contributed by atoms with Gasteiger partial charge in [0.25, 0.3) is 5.60 Å². The molecular weight excluding hydrogens is 614 g/mol. The van der Waals surface area contributed by atoms with Gasteiger partial charge in [0, 0.05) is 23.7 Å². The van der Waals surface area contributed by atoms with Gasteiger partial charge in [0.05, 0.1) is 26.4 Å². The number of alkyl halides is 3. The molecule has 6 rings (SSSR count). The van der Waals surface area contributed by atoms with Crippen molar-refractivity contribution in [1.82, 2.24) is 10.2 Å². The van der Waals surface area contributed by atoms with E-state index in [-0.39, 0.29) is 43.4 Å². The number of amides is 2. The monoisotopic (exact) mass is 635 g/mol. The Hall–Kier alpha value is -2.21. The molecule has 0 bridgehead atoms. The molecule has 1 saturated heterocycles. The van der Waals surface area contributed by atoms with Gasteiger partial charge in [-0.15, -0.1) is 0 Å². The number of hydrogen-bond acceptors (Lipinski definition) is 6. The summed E-state index contributed by atoms with van der Waals surface area (Å²) >= 11 is 19.1. The molecule has 4 aliphatic rings. The molecule has 1 saturated carbocycles. The summed E-state index contributed by atoms with van der Waals surface area (Å²) in [6.07, 6.45) is -0.918. The molecule has 2 atom stereocenters. The summed E-state index contributed by atoms with van der Waals surface area (Å²) in [7, 11) is 0. The molecule has 0 spiro atoms. The topological polar surface area (TPSA) is 80.2 Å². The molecule has 2 aliphatic carbocycles. The average molecular weight is 637 g/mol. The van der Waals surface area contributed by atoms with E-state index in [1.165, 1.54) is 0 Å². The molecule has 2 fully saturated rings. The molecule has 2 unspecified atom stereocenters. The van der Waals surface area contributed by atoms with Crippen LogP contribution in [0.25, 0.3) is 0 Å². The minimum Gasteiger partial charge on any atom is -0.399 e. The fourth-order valence-electron chi connectivity index (χ4n) is 5.57. The molecule has 0 radical (unpaired) electrons. The minimum absolute atomic E-state index is 0.0597. The van der Waals surface area contributed by atoms with Gasteiger partial charge in [0.15, 0.2) is 5.06 Å². The van der Waals surface area contributed by atoms with Gasteiger partial charge in [0.1, 0.15) is 11.8 Å². The number of hydrogen-bond donors (Lipinski definition) is 1. The third-order valence-electron chi connectivity index (χ3n) is 7.79. The summed E-state index contributed by atoms with van der Waals surface area (Å²) in [6, 6.07) is 1.78. The minimum atomic E-state index is -4.86. The van der Waals surface area contributed by atoms with E-state index in [0.29, 0.717) is 30.7 Å². The largest absolute Gasteiger partial charge is 0.435 e. The van der Waals surface area contributed by atoms with Crippen molar-refractivity contribution in [2.45, 2.75) is 75.2 Å². The molecule has 214 valence electrons. The van der Waals surface area contributed by atoms with Gasteiger partial charge >= 0.3 is 12.3 Å². The Morgan fingerprint density at radius 3 is 2.45 bits per heavy atom. The second-order valence-electron chi connectivity index (χ2n) is 10.4. The number of fused-ring (bicyclic) bond motifs is 1. The fraction of sp³-hybridized carbons (Fsp3) is 0.500. The number of nitrogens with zero attached hydrogens (tertiary/aromatic N) is 2. The number of oxime groups is 1. The maximum Gasteiger partial charge on any atom is 0.435 e. The zero-order valence-electron chi connectivity index (χ0n) is 20.9. The SMILES string of the molecule is O=C(NC1CCN(C2CC2)C1=O)Oc1sc(C2=NOC(c3cc(Cl)c(Cl)c(Cl)c3)(C(F)(F)F)C2)c2c1CCCC2. The summed E-state index contributed by atoms with van der Waals surface area (Å²) in [6.45, 7) is 0.595. The third-order valence-corrected chi connectivity index (χ3v) is 10.2. The Bertz CT molecular complexity index is 1400. The van der Waals surface area contributed by atoms with Crippen molar-refractivity contribution in [3.8, 4) is 5.06 Å². The van der Waals surface area contributed by atoms with Crippen LogP contribution < -0.4 is 10.1 Å². The Morgan fingerprint density at radius 2 is 1.80 bits per heavy atom. The van der Waals surface area contributed by atoms with E-state index in [4.69, 9.17) is 44.4 Å². The second-order valence-corrected chi connectivity index (χ2v) is 12.6. The van der Waals surface area contributed by atoms with Crippen LogP contribution in [0.5, 0.6) is 5.06 Å². The van der Waals surface area contributed by atoms with Gasteiger partial charge in [-0.3, -0.25) is 4.79 Å². The molecule has 1 aromatic carbocycles. The number of carbonyl (C=O) groups is 2. The lowest BCUT2D eigenvalue weighted by molar-refractivity contribution is -0.275. The van der Waals surface area contributed by atoms with Crippen molar-refractivity contribution in [3.05, 3.63) is 48.8 Å². The Kier molecular flexibility index (Phi) is 7.16. The molecule has 2 aliphatic heterocycles. The first-order valence-electron chi connectivity index (χ1n) is 12.9. The average Bonchev–Trinajstić information content (AvgIpc) is 3.37. The van der Waals surface area contributed by atoms with Gasteiger partial charge in [-0.05, 0) is 62.6 Å². The lowest BCUT2D eigenvalue weighted by Crippen LogP contribution is -2.43.